The predicted octanol–water partition coefficient (Wildman–Crippen LogP) is 2.00. The summed E-state index contributed by atoms with van der Waals surface area (Å²) < 4.78 is 27.2. The van der Waals surface area contributed by atoms with E-state index in [1.165, 1.54) is 0 Å². The lowest BCUT2D eigenvalue weighted by Crippen LogP contribution is -2.39. The van der Waals surface area contributed by atoms with E-state index in [2.05, 4.69) is 28.9 Å². The van der Waals surface area contributed by atoms with Gasteiger partial charge in [0.2, 0.25) is 0 Å². The van der Waals surface area contributed by atoms with Gasteiger partial charge in [0.15, 0.2) is 5.03 Å². The summed E-state index contributed by atoms with van der Waals surface area (Å²) in [7, 11) is -1.71. The van der Waals surface area contributed by atoms with Crippen LogP contribution in [0.4, 0.5) is 0 Å². The Morgan fingerprint density at radius 2 is 1.95 bits per heavy atom. The van der Waals surface area contributed by atoms with Crippen LogP contribution in [0.25, 0.3) is 0 Å². The van der Waals surface area contributed by atoms with E-state index in [1.807, 2.05) is 13.3 Å². The Bertz CT molecular complexity index is 517. The van der Waals surface area contributed by atoms with Crippen LogP contribution in [-0.2, 0) is 16.6 Å². The highest BCUT2D eigenvalue weighted by Gasteiger charge is 2.27. The Labute approximate surface area is 132 Å². The molecule has 1 aromatic rings. The van der Waals surface area contributed by atoms with Crippen LogP contribution in [0.15, 0.2) is 23.4 Å². The lowest BCUT2D eigenvalue weighted by atomic mass is 10.0. The number of thioether (sulfide) groups is 1. The predicted molar refractivity (Wildman–Crippen MR) is 89.0 cm³/mol. The Morgan fingerprint density at radius 3 is 2.38 bits per heavy atom. The standard InChI is InChI=1S/C14H25N3O2S2/c1-5-14(6-2,20-4)11-17-21(18,19)13-8-7-12(9-15-3)10-16-13/h7-8,10,15,17H,5-6,9,11H2,1-4H3. The Balaban J connectivity index is 2.81. The first kappa shape index (κ1) is 18.4. The van der Waals surface area contributed by atoms with Crippen LogP contribution in [0.2, 0.25) is 0 Å². The van der Waals surface area contributed by atoms with Crippen molar-refractivity contribution in [1.29, 1.82) is 0 Å². The van der Waals surface area contributed by atoms with Crippen molar-refractivity contribution in [2.45, 2.75) is 43.0 Å². The van der Waals surface area contributed by atoms with Crippen LogP contribution >= 0.6 is 11.8 Å². The third-order valence-electron chi connectivity index (χ3n) is 3.76. The van der Waals surface area contributed by atoms with E-state index in [-0.39, 0.29) is 9.77 Å². The van der Waals surface area contributed by atoms with Crippen molar-refractivity contribution in [2.24, 2.45) is 0 Å². The van der Waals surface area contributed by atoms with E-state index < -0.39 is 10.0 Å². The van der Waals surface area contributed by atoms with E-state index in [0.717, 1.165) is 18.4 Å². The fraction of sp³-hybridized carbons (Fsp3) is 0.643. The minimum Gasteiger partial charge on any atom is -0.316 e. The molecule has 0 spiro atoms. The minimum absolute atomic E-state index is 0.0564. The molecule has 0 amide bonds. The first-order chi connectivity index (χ1) is 9.93. The third kappa shape index (κ3) is 4.95. The molecular formula is C14H25N3O2S2. The number of nitrogens with zero attached hydrogens (tertiary/aromatic N) is 1. The largest absolute Gasteiger partial charge is 0.316 e. The number of sulfonamides is 1. The molecule has 1 aromatic heterocycles. The molecule has 0 fully saturated rings. The molecule has 21 heavy (non-hydrogen) atoms. The highest BCUT2D eigenvalue weighted by molar-refractivity contribution is 8.00. The van der Waals surface area contributed by atoms with E-state index in [4.69, 9.17) is 0 Å². The second-order valence-corrected chi connectivity index (χ2v) is 7.94. The van der Waals surface area contributed by atoms with Gasteiger partial charge in [-0.1, -0.05) is 19.9 Å². The van der Waals surface area contributed by atoms with Crippen LogP contribution in [0.3, 0.4) is 0 Å². The van der Waals surface area contributed by atoms with Crippen LogP contribution < -0.4 is 10.0 Å². The fourth-order valence-corrected chi connectivity index (χ4v) is 3.98. The maximum Gasteiger partial charge on any atom is 0.258 e. The van der Waals surface area contributed by atoms with Gasteiger partial charge in [-0.3, -0.25) is 0 Å². The van der Waals surface area contributed by atoms with Gasteiger partial charge in [0.25, 0.3) is 10.0 Å². The minimum atomic E-state index is -3.55. The molecule has 7 heteroatoms. The molecule has 0 bridgehead atoms. The molecule has 0 aromatic carbocycles. The molecule has 0 saturated carbocycles. The van der Waals surface area contributed by atoms with Crippen LogP contribution in [-0.4, -0.2) is 38.0 Å². The smallest absolute Gasteiger partial charge is 0.258 e. The summed E-state index contributed by atoms with van der Waals surface area (Å²) in [5, 5.41) is 3.08. The molecule has 0 saturated heterocycles. The summed E-state index contributed by atoms with van der Waals surface area (Å²) >= 11 is 1.71. The number of hydrogen-bond acceptors (Lipinski definition) is 5. The van der Waals surface area contributed by atoms with E-state index in [9.17, 15) is 8.42 Å². The van der Waals surface area contributed by atoms with Crippen molar-refractivity contribution in [3.63, 3.8) is 0 Å². The van der Waals surface area contributed by atoms with Crippen molar-refractivity contribution in [3.05, 3.63) is 23.9 Å². The number of rotatable bonds is 9. The fourth-order valence-electron chi connectivity index (χ4n) is 2.04. The van der Waals surface area contributed by atoms with Gasteiger partial charge in [-0.05, 0) is 37.8 Å². The van der Waals surface area contributed by atoms with Crippen LogP contribution in [0, 0.1) is 0 Å². The Morgan fingerprint density at radius 1 is 1.29 bits per heavy atom. The topological polar surface area (TPSA) is 71.1 Å². The van der Waals surface area contributed by atoms with E-state index in [1.54, 1.807) is 30.1 Å². The number of nitrogens with one attached hydrogen (secondary N) is 2. The summed E-state index contributed by atoms with van der Waals surface area (Å²) in [6.07, 6.45) is 5.45. The molecule has 0 unspecified atom stereocenters. The highest BCUT2D eigenvalue weighted by Crippen LogP contribution is 2.29. The van der Waals surface area contributed by atoms with Crippen molar-refractivity contribution < 1.29 is 8.42 Å². The van der Waals surface area contributed by atoms with Gasteiger partial charge in [0.1, 0.15) is 0 Å². The van der Waals surface area contributed by atoms with Gasteiger partial charge in [-0.15, -0.1) is 0 Å². The lowest BCUT2D eigenvalue weighted by Gasteiger charge is -2.29. The quantitative estimate of drug-likeness (QED) is 0.724. The Kier molecular flexibility index (Phi) is 7.12. The first-order valence-corrected chi connectivity index (χ1v) is 9.78. The van der Waals surface area contributed by atoms with Crippen molar-refractivity contribution in [3.8, 4) is 0 Å². The number of hydrogen-bond donors (Lipinski definition) is 2. The molecule has 5 nitrogen and oxygen atoms in total. The van der Waals surface area contributed by atoms with E-state index >= 15 is 0 Å². The zero-order valence-electron chi connectivity index (χ0n) is 13.1. The number of pyridine rings is 1. The van der Waals surface area contributed by atoms with Gasteiger partial charge in [-0.2, -0.15) is 11.8 Å². The maximum absolute atomic E-state index is 12.3. The molecule has 1 rings (SSSR count). The van der Waals surface area contributed by atoms with Gasteiger partial charge in [-0.25, -0.2) is 18.1 Å². The molecule has 0 aliphatic rings. The van der Waals surface area contributed by atoms with Gasteiger partial charge < -0.3 is 5.32 Å². The molecule has 2 N–H and O–H groups in total. The third-order valence-corrected chi connectivity index (χ3v) is 6.66. The first-order valence-electron chi connectivity index (χ1n) is 7.07. The summed E-state index contributed by atoms with van der Waals surface area (Å²) in [4.78, 5) is 4.05. The second-order valence-electron chi connectivity index (χ2n) is 4.95. The molecular weight excluding hydrogens is 306 g/mol. The van der Waals surface area contributed by atoms with Crippen molar-refractivity contribution in [2.75, 3.05) is 19.8 Å². The summed E-state index contributed by atoms with van der Waals surface area (Å²) in [5.41, 5.74) is 0.956. The normalized spacial score (nSPS) is 12.6. The SMILES string of the molecule is CCC(CC)(CNS(=O)(=O)c1ccc(CNC)cn1)SC. The van der Waals surface area contributed by atoms with Gasteiger partial charge in [0, 0.05) is 24.0 Å². The molecule has 0 radical (unpaired) electrons. The zero-order valence-corrected chi connectivity index (χ0v) is 14.8. The maximum atomic E-state index is 12.3. The second kappa shape index (κ2) is 8.12. The van der Waals surface area contributed by atoms with Crippen LogP contribution in [0.1, 0.15) is 32.3 Å². The number of aromatic nitrogens is 1. The van der Waals surface area contributed by atoms with E-state index in [0.29, 0.717) is 13.1 Å². The monoisotopic (exact) mass is 331 g/mol. The molecule has 120 valence electrons. The highest BCUT2D eigenvalue weighted by atomic mass is 32.2. The van der Waals surface area contributed by atoms with Gasteiger partial charge >= 0.3 is 0 Å². The molecule has 0 atom stereocenters. The average molecular weight is 332 g/mol. The average Bonchev–Trinajstić information content (AvgIpc) is 2.50. The summed E-state index contributed by atoms with van der Waals surface area (Å²) in [6.45, 7) is 5.25. The lowest BCUT2D eigenvalue weighted by molar-refractivity contribution is 0.520. The van der Waals surface area contributed by atoms with Crippen molar-refractivity contribution >= 4 is 21.8 Å². The summed E-state index contributed by atoms with van der Waals surface area (Å²) in [5.74, 6) is 0. The molecule has 0 aliphatic carbocycles. The zero-order chi connectivity index (χ0) is 15.9. The summed E-state index contributed by atoms with van der Waals surface area (Å²) in [6, 6.07) is 3.33. The molecule has 1 heterocycles. The van der Waals surface area contributed by atoms with Crippen LogP contribution in [0.5, 0.6) is 0 Å². The molecule has 0 aliphatic heterocycles. The Hall–Kier alpha value is -0.630. The van der Waals surface area contributed by atoms with Crippen molar-refractivity contribution in [1.82, 2.24) is 15.0 Å². The van der Waals surface area contributed by atoms with Gasteiger partial charge in [0.05, 0.1) is 0 Å².